The summed E-state index contributed by atoms with van der Waals surface area (Å²) in [5.74, 6) is 0.0995. The molecular formula is C20H16N2O4S. The summed E-state index contributed by atoms with van der Waals surface area (Å²) < 4.78 is 13.6. The second kappa shape index (κ2) is 6.85. The van der Waals surface area contributed by atoms with Crippen LogP contribution in [0.3, 0.4) is 0 Å². The van der Waals surface area contributed by atoms with Crippen LogP contribution < -0.4 is 15.2 Å². The second-order valence-electron chi connectivity index (χ2n) is 5.88. The van der Waals surface area contributed by atoms with Gasteiger partial charge in [0.1, 0.15) is 22.4 Å². The quantitative estimate of drug-likeness (QED) is 0.510. The van der Waals surface area contributed by atoms with Crippen molar-refractivity contribution in [2.45, 2.75) is 6.92 Å². The third kappa shape index (κ3) is 3.06. The van der Waals surface area contributed by atoms with Gasteiger partial charge in [-0.25, -0.2) is 4.79 Å². The molecule has 2 heterocycles. The van der Waals surface area contributed by atoms with Crippen molar-refractivity contribution in [3.8, 4) is 5.75 Å². The van der Waals surface area contributed by atoms with Crippen molar-refractivity contribution in [1.82, 2.24) is 4.57 Å². The molecule has 6 nitrogen and oxygen atoms in total. The van der Waals surface area contributed by atoms with Gasteiger partial charge in [0.05, 0.1) is 11.3 Å². The standard InChI is InChI=1S/C20H16N2O4S/c1-3-25-15-9-6-10-16-17(15)22(2)20(27-16)21-18(23)13-11-12-7-4-5-8-14(12)26-19(13)24/h4-11H,3H2,1-2H3. The highest BCUT2D eigenvalue weighted by Crippen LogP contribution is 2.26. The van der Waals surface area contributed by atoms with Crippen molar-refractivity contribution in [1.29, 1.82) is 0 Å². The Labute approximate surface area is 158 Å². The van der Waals surface area contributed by atoms with Crippen molar-refractivity contribution in [3.63, 3.8) is 0 Å². The number of ether oxygens (including phenoxy) is 1. The Kier molecular flexibility index (Phi) is 4.37. The van der Waals surface area contributed by atoms with Crippen LogP contribution in [0.5, 0.6) is 5.75 Å². The topological polar surface area (TPSA) is 73.8 Å². The molecular weight excluding hydrogens is 364 g/mol. The lowest BCUT2D eigenvalue weighted by molar-refractivity contribution is 0.0994. The Morgan fingerprint density at radius 1 is 1.22 bits per heavy atom. The van der Waals surface area contributed by atoms with E-state index >= 15 is 0 Å². The number of amides is 1. The summed E-state index contributed by atoms with van der Waals surface area (Å²) in [6.45, 7) is 2.46. The summed E-state index contributed by atoms with van der Waals surface area (Å²) >= 11 is 1.36. The van der Waals surface area contributed by atoms with Crippen molar-refractivity contribution in [3.05, 3.63) is 69.3 Å². The highest BCUT2D eigenvalue weighted by molar-refractivity contribution is 7.16. The summed E-state index contributed by atoms with van der Waals surface area (Å²) in [6, 6.07) is 14.3. The number of carbonyl (C=O) groups is 1. The van der Waals surface area contributed by atoms with Gasteiger partial charge >= 0.3 is 5.63 Å². The maximum absolute atomic E-state index is 12.7. The summed E-state index contributed by atoms with van der Waals surface area (Å²) in [5.41, 5.74) is 0.520. The Bertz CT molecular complexity index is 1300. The van der Waals surface area contributed by atoms with E-state index < -0.39 is 11.5 Å². The van der Waals surface area contributed by atoms with Gasteiger partial charge < -0.3 is 13.7 Å². The molecule has 0 spiro atoms. The van der Waals surface area contributed by atoms with E-state index in [4.69, 9.17) is 9.15 Å². The van der Waals surface area contributed by atoms with Crippen molar-refractivity contribution in [2.24, 2.45) is 12.0 Å². The second-order valence-corrected chi connectivity index (χ2v) is 6.89. The first kappa shape index (κ1) is 17.2. The van der Waals surface area contributed by atoms with Crippen molar-refractivity contribution < 1.29 is 13.9 Å². The van der Waals surface area contributed by atoms with E-state index in [0.29, 0.717) is 22.4 Å². The fraction of sp³-hybridized carbons (Fsp3) is 0.150. The number of benzene rings is 2. The lowest BCUT2D eigenvalue weighted by atomic mass is 10.2. The Hall–Kier alpha value is -3.19. The molecule has 136 valence electrons. The van der Waals surface area contributed by atoms with Crippen LogP contribution in [-0.4, -0.2) is 17.1 Å². The van der Waals surface area contributed by atoms with E-state index in [1.807, 2.05) is 38.2 Å². The molecule has 4 aromatic rings. The largest absolute Gasteiger partial charge is 0.492 e. The molecule has 0 fully saturated rings. The van der Waals surface area contributed by atoms with Crippen LogP contribution in [0.2, 0.25) is 0 Å². The molecule has 0 bridgehead atoms. The van der Waals surface area contributed by atoms with Gasteiger partial charge in [-0.3, -0.25) is 4.79 Å². The van der Waals surface area contributed by atoms with Gasteiger partial charge in [0.2, 0.25) is 0 Å². The predicted octanol–water partition coefficient (Wildman–Crippen LogP) is 3.49. The van der Waals surface area contributed by atoms with Crippen LogP contribution in [-0.2, 0) is 7.05 Å². The minimum Gasteiger partial charge on any atom is -0.492 e. The van der Waals surface area contributed by atoms with E-state index in [1.54, 1.807) is 22.8 Å². The first-order valence-electron chi connectivity index (χ1n) is 8.42. The summed E-state index contributed by atoms with van der Waals surface area (Å²) in [7, 11) is 1.82. The fourth-order valence-corrected chi connectivity index (χ4v) is 3.94. The number of para-hydroxylation sites is 2. The van der Waals surface area contributed by atoms with Gasteiger partial charge in [0.15, 0.2) is 4.80 Å². The van der Waals surface area contributed by atoms with Crippen molar-refractivity contribution >= 4 is 38.4 Å². The first-order chi connectivity index (χ1) is 13.1. The Morgan fingerprint density at radius 3 is 2.85 bits per heavy atom. The van der Waals surface area contributed by atoms with E-state index in [0.717, 1.165) is 16.0 Å². The molecule has 0 unspecified atom stereocenters. The molecule has 0 aliphatic heterocycles. The van der Waals surface area contributed by atoms with Gasteiger partial charge in [0, 0.05) is 12.4 Å². The number of hydrogen-bond donors (Lipinski definition) is 0. The van der Waals surface area contributed by atoms with Gasteiger partial charge in [-0.15, -0.1) is 0 Å². The molecule has 0 saturated carbocycles. The zero-order valence-corrected chi connectivity index (χ0v) is 15.6. The van der Waals surface area contributed by atoms with Crippen LogP contribution >= 0.6 is 11.3 Å². The van der Waals surface area contributed by atoms with Crippen LogP contribution in [0.4, 0.5) is 0 Å². The Morgan fingerprint density at radius 2 is 2.04 bits per heavy atom. The minimum atomic E-state index is -0.693. The monoisotopic (exact) mass is 380 g/mol. The lowest BCUT2D eigenvalue weighted by Gasteiger charge is -2.05. The summed E-state index contributed by atoms with van der Waals surface area (Å²) in [4.78, 5) is 29.5. The molecule has 2 aromatic heterocycles. The Balaban J connectivity index is 1.85. The maximum Gasteiger partial charge on any atom is 0.349 e. The number of rotatable bonds is 3. The molecule has 0 atom stereocenters. The average molecular weight is 380 g/mol. The molecule has 0 aliphatic rings. The molecule has 0 aliphatic carbocycles. The number of carbonyl (C=O) groups excluding carboxylic acids is 1. The maximum atomic E-state index is 12.7. The molecule has 0 saturated heterocycles. The number of aromatic nitrogens is 1. The fourth-order valence-electron chi connectivity index (χ4n) is 2.91. The van der Waals surface area contributed by atoms with Crippen LogP contribution in [0.25, 0.3) is 21.2 Å². The van der Waals surface area contributed by atoms with E-state index in [1.165, 1.54) is 17.4 Å². The van der Waals surface area contributed by atoms with E-state index in [-0.39, 0.29) is 5.56 Å². The SMILES string of the molecule is CCOc1cccc2sc(=NC(=O)c3cc4ccccc4oc3=O)n(C)c12. The zero-order chi connectivity index (χ0) is 19.0. The van der Waals surface area contributed by atoms with Crippen molar-refractivity contribution in [2.75, 3.05) is 6.61 Å². The highest BCUT2D eigenvalue weighted by atomic mass is 32.1. The summed E-state index contributed by atoms with van der Waals surface area (Å²) in [5, 5.41) is 0.676. The molecule has 1 amide bonds. The number of thiazole rings is 1. The van der Waals surface area contributed by atoms with Gasteiger partial charge in [0.25, 0.3) is 5.91 Å². The molecule has 0 radical (unpaired) electrons. The number of fused-ring (bicyclic) bond motifs is 2. The highest BCUT2D eigenvalue weighted by Gasteiger charge is 2.15. The number of hydrogen-bond acceptors (Lipinski definition) is 5. The van der Waals surface area contributed by atoms with E-state index in [9.17, 15) is 9.59 Å². The first-order valence-corrected chi connectivity index (χ1v) is 9.23. The van der Waals surface area contributed by atoms with Gasteiger partial charge in [-0.1, -0.05) is 35.6 Å². The van der Waals surface area contributed by atoms with E-state index in [2.05, 4.69) is 4.99 Å². The molecule has 4 rings (SSSR count). The normalized spacial score (nSPS) is 12.0. The zero-order valence-electron chi connectivity index (χ0n) is 14.8. The average Bonchev–Trinajstić information content (AvgIpc) is 2.98. The molecule has 0 N–H and O–H groups in total. The number of aryl methyl sites for hydroxylation is 1. The molecule has 7 heteroatoms. The smallest absolute Gasteiger partial charge is 0.349 e. The van der Waals surface area contributed by atoms with Gasteiger partial charge in [-0.2, -0.15) is 4.99 Å². The summed E-state index contributed by atoms with van der Waals surface area (Å²) in [6.07, 6.45) is 0. The van der Waals surface area contributed by atoms with Crippen LogP contribution in [0, 0.1) is 0 Å². The van der Waals surface area contributed by atoms with Crippen LogP contribution in [0.15, 0.2) is 62.7 Å². The number of nitrogens with zero attached hydrogens (tertiary/aromatic N) is 2. The molecule has 2 aromatic carbocycles. The molecule has 27 heavy (non-hydrogen) atoms. The van der Waals surface area contributed by atoms with Gasteiger partial charge in [-0.05, 0) is 31.2 Å². The third-order valence-corrected chi connectivity index (χ3v) is 5.25. The lowest BCUT2D eigenvalue weighted by Crippen LogP contribution is -2.18. The van der Waals surface area contributed by atoms with Crippen LogP contribution in [0.1, 0.15) is 17.3 Å². The third-order valence-electron chi connectivity index (χ3n) is 4.15. The predicted molar refractivity (Wildman–Crippen MR) is 104 cm³/mol. The minimum absolute atomic E-state index is 0.0869.